The predicted octanol–water partition coefficient (Wildman–Crippen LogP) is 1.91. The molecular formula is C15H18N2O2. The lowest BCUT2D eigenvalue weighted by Crippen LogP contribution is -2.21. The normalized spacial score (nSPS) is 12.1. The molecule has 0 bridgehead atoms. The zero-order chi connectivity index (χ0) is 13.5. The Kier molecular flexibility index (Phi) is 4.89. The van der Waals surface area contributed by atoms with Gasteiger partial charge in [0.2, 0.25) is 5.88 Å². The first-order chi connectivity index (χ1) is 9.31. The van der Waals surface area contributed by atoms with E-state index in [0.29, 0.717) is 19.0 Å². The lowest BCUT2D eigenvalue weighted by atomic mass is 10.1. The van der Waals surface area contributed by atoms with Crippen molar-refractivity contribution in [3.8, 4) is 5.88 Å². The van der Waals surface area contributed by atoms with Gasteiger partial charge in [-0.1, -0.05) is 36.4 Å². The van der Waals surface area contributed by atoms with Crippen molar-refractivity contribution < 1.29 is 9.84 Å². The summed E-state index contributed by atoms with van der Waals surface area (Å²) in [6, 6.07) is 13.4. The van der Waals surface area contributed by atoms with Crippen LogP contribution in [-0.4, -0.2) is 23.7 Å². The number of nitrogens with one attached hydrogen (secondary N) is 1. The van der Waals surface area contributed by atoms with Gasteiger partial charge >= 0.3 is 0 Å². The second-order valence-corrected chi connectivity index (χ2v) is 4.23. The lowest BCUT2D eigenvalue weighted by Gasteiger charge is -2.13. The third kappa shape index (κ3) is 3.77. The second-order valence-electron chi connectivity index (χ2n) is 4.23. The zero-order valence-electron chi connectivity index (χ0n) is 10.9. The van der Waals surface area contributed by atoms with Gasteiger partial charge in [0.05, 0.1) is 13.2 Å². The van der Waals surface area contributed by atoms with Crippen LogP contribution in [0.15, 0.2) is 48.7 Å². The molecule has 0 fully saturated rings. The summed E-state index contributed by atoms with van der Waals surface area (Å²) in [7, 11) is 1.60. The third-order valence-electron chi connectivity index (χ3n) is 2.88. The predicted molar refractivity (Wildman–Crippen MR) is 73.9 cm³/mol. The van der Waals surface area contributed by atoms with Crippen molar-refractivity contribution in [2.45, 2.75) is 12.6 Å². The van der Waals surface area contributed by atoms with E-state index in [1.165, 1.54) is 0 Å². The fourth-order valence-corrected chi connectivity index (χ4v) is 1.88. The van der Waals surface area contributed by atoms with Gasteiger partial charge in [-0.05, 0) is 11.6 Å². The summed E-state index contributed by atoms with van der Waals surface area (Å²) in [5.74, 6) is 0.615. The maximum Gasteiger partial charge on any atom is 0.217 e. The van der Waals surface area contributed by atoms with E-state index < -0.39 is 6.10 Å². The van der Waals surface area contributed by atoms with Crippen LogP contribution in [0.25, 0.3) is 0 Å². The zero-order valence-corrected chi connectivity index (χ0v) is 10.9. The number of hydrogen-bond acceptors (Lipinski definition) is 4. The van der Waals surface area contributed by atoms with Crippen LogP contribution in [0.1, 0.15) is 17.2 Å². The van der Waals surface area contributed by atoms with E-state index in [2.05, 4.69) is 10.3 Å². The maximum absolute atomic E-state index is 10.0. The molecule has 1 aromatic carbocycles. The average molecular weight is 258 g/mol. The smallest absolute Gasteiger partial charge is 0.217 e. The molecule has 2 aromatic rings. The molecule has 0 aliphatic heterocycles. The molecule has 1 unspecified atom stereocenters. The van der Waals surface area contributed by atoms with Gasteiger partial charge in [0.1, 0.15) is 0 Å². The molecule has 2 rings (SSSR count). The highest BCUT2D eigenvalue weighted by molar-refractivity contribution is 5.25. The molecule has 0 aliphatic rings. The van der Waals surface area contributed by atoms with Crippen LogP contribution in [0, 0.1) is 0 Å². The number of ether oxygens (including phenoxy) is 1. The highest BCUT2D eigenvalue weighted by atomic mass is 16.5. The van der Waals surface area contributed by atoms with E-state index >= 15 is 0 Å². The fraction of sp³-hybridized carbons (Fsp3) is 0.267. The third-order valence-corrected chi connectivity index (χ3v) is 2.88. The molecule has 0 saturated carbocycles. The van der Waals surface area contributed by atoms with Gasteiger partial charge in [-0.2, -0.15) is 0 Å². The number of aliphatic hydroxyl groups excluding tert-OH is 1. The summed E-state index contributed by atoms with van der Waals surface area (Å²) < 4.78 is 5.17. The van der Waals surface area contributed by atoms with Crippen LogP contribution in [0.4, 0.5) is 0 Å². The van der Waals surface area contributed by atoms with Crippen LogP contribution in [0.3, 0.4) is 0 Å². The molecule has 2 N–H and O–H groups in total. The Morgan fingerprint density at radius 1 is 1.21 bits per heavy atom. The first-order valence-electron chi connectivity index (χ1n) is 6.23. The molecule has 1 aromatic heterocycles. The maximum atomic E-state index is 10.0. The molecule has 1 atom stereocenters. The Hall–Kier alpha value is -1.91. The van der Waals surface area contributed by atoms with Gasteiger partial charge in [-0.25, -0.2) is 4.98 Å². The summed E-state index contributed by atoms with van der Waals surface area (Å²) in [6.45, 7) is 1.10. The summed E-state index contributed by atoms with van der Waals surface area (Å²) in [6.07, 6.45) is 1.19. The summed E-state index contributed by atoms with van der Waals surface area (Å²) in [5.41, 5.74) is 1.89. The topological polar surface area (TPSA) is 54.4 Å². The summed E-state index contributed by atoms with van der Waals surface area (Å²) >= 11 is 0. The number of methoxy groups -OCH3 is 1. The van der Waals surface area contributed by atoms with Crippen LogP contribution in [0.5, 0.6) is 5.88 Å². The molecule has 19 heavy (non-hydrogen) atoms. The summed E-state index contributed by atoms with van der Waals surface area (Å²) in [5, 5.41) is 13.2. The Labute approximate surface area is 113 Å². The monoisotopic (exact) mass is 258 g/mol. The van der Waals surface area contributed by atoms with Crippen molar-refractivity contribution >= 4 is 0 Å². The number of nitrogens with zero attached hydrogens (tertiary/aromatic N) is 1. The molecule has 0 radical (unpaired) electrons. The van der Waals surface area contributed by atoms with Gasteiger partial charge in [-0.3, -0.25) is 0 Å². The Bertz CT molecular complexity index is 503. The van der Waals surface area contributed by atoms with Crippen LogP contribution in [0.2, 0.25) is 0 Å². The molecule has 0 amide bonds. The molecular weight excluding hydrogens is 240 g/mol. The molecule has 0 spiro atoms. The van der Waals surface area contributed by atoms with Crippen molar-refractivity contribution in [2.24, 2.45) is 0 Å². The van der Waals surface area contributed by atoms with Gasteiger partial charge in [0.15, 0.2) is 0 Å². The van der Waals surface area contributed by atoms with Crippen LogP contribution >= 0.6 is 0 Å². The number of aromatic nitrogens is 1. The Balaban J connectivity index is 1.87. The molecule has 100 valence electrons. The highest BCUT2D eigenvalue weighted by Gasteiger charge is 2.07. The minimum absolute atomic E-state index is 0.488. The van der Waals surface area contributed by atoms with Crippen molar-refractivity contribution in [1.82, 2.24) is 10.3 Å². The van der Waals surface area contributed by atoms with E-state index in [0.717, 1.165) is 11.1 Å². The SMILES string of the molecule is COc1ncccc1CNCC(O)c1ccccc1. The van der Waals surface area contributed by atoms with Crippen molar-refractivity contribution in [1.29, 1.82) is 0 Å². The Morgan fingerprint density at radius 2 is 2.00 bits per heavy atom. The standard InChI is InChI=1S/C15H18N2O2/c1-19-15-13(8-5-9-17-15)10-16-11-14(18)12-6-3-2-4-7-12/h2-9,14,16,18H,10-11H2,1H3. The molecule has 0 aliphatic carbocycles. The van der Waals surface area contributed by atoms with E-state index in [9.17, 15) is 5.11 Å². The number of aliphatic hydroxyl groups is 1. The van der Waals surface area contributed by atoms with Crippen molar-refractivity contribution in [3.63, 3.8) is 0 Å². The molecule has 4 nitrogen and oxygen atoms in total. The number of rotatable bonds is 6. The molecule has 0 saturated heterocycles. The van der Waals surface area contributed by atoms with Gasteiger partial charge in [0.25, 0.3) is 0 Å². The van der Waals surface area contributed by atoms with Gasteiger partial charge in [-0.15, -0.1) is 0 Å². The molecule has 4 heteroatoms. The molecule has 1 heterocycles. The number of benzene rings is 1. The van der Waals surface area contributed by atoms with E-state index in [1.807, 2.05) is 42.5 Å². The highest BCUT2D eigenvalue weighted by Crippen LogP contribution is 2.14. The minimum Gasteiger partial charge on any atom is -0.481 e. The van der Waals surface area contributed by atoms with E-state index in [4.69, 9.17) is 4.74 Å². The Morgan fingerprint density at radius 3 is 2.74 bits per heavy atom. The quantitative estimate of drug-likeness (QED) is 0.831. The van der Waals surface area contributed by atoms with E-state index in [-0.39, 0.29) is 0 Å². The second kappa shape index (κ2) is 6.87. The van der Waals surface area contributed by atoms with Crippen molar-refractivity contribution in [3.05, 3.63) is 59.8 Å². The van der Waals surface area contributed by atoms with Crippen LogP contribution < -0.4 is 10.1 Å². The van der Waals surface area contributed by atoms with E-state index in [1.54, 1.807) is 13.3 Å². The van der Waals surface area contributed by atoms with Gasteiger partial charge in [0, 0.05) is 24.8 Å². The van der Waals surface area contributed by atoms with Crippen molar-refractivity contribution in [2.75, 3.05) is 13.7 Å². The van der Waals surface area contributed by atoms with Crippen LogP contribution in [-0.2, 0) is 6.54 Å². The average Bonchev–Trinajstić information content (AvgIpc) is 2.48. The summed E-state index contributed by atoms with van der Waals surface area (Å²) in [4.78, 5) is 4.13. The number of pyridine rings is 1. The largest absolute Gasteiger partial charge is 0.481 e. The number of hydrogen-bond donors (Lipinski definition) is 2. The van der Waals surface area contributed by atoms with Gasteiger partial charge < -0.3 is 15.2 Å². The fourth-order valence-electron chi connectivity index (χ4n) is 1.88. The minimum atomic E-state index is -0.510. The first kappa shape index (κ1) is 13.5. The first-order valence-corrected chi connectivity index (χ1v) is 6.23. The lowest BCUT2D eigenvalue weighted by molar-refractivity contribution is 0.174.